The molecule has 0 saturated carbocycles. The number of ether oxygens (including phenoxy) is 2. The summed E-state index contributed by atoms with van der Waals surface area (Å²) in [6.45, 7) is 5.91. The number of hydrazone groups is 1. The van der Waals surface area contributed by atoms with Crippen LogP contribution in [-0.4, -0.2) is 42.2 Å². The second-order valence-corrected chi connectivity index (χ2v) is 3.87. The zero-order chi connectivity index (χ0) is 13.7. The van der Waals surface area contributed by atoms with Crippen molar-refractivity contribution in [1.29, 1.82) is 0 Å². The summed E-state index contributed by atoms with van der Waals surface area (Å²) in [4.78, 5) is 23.0. The van der Waals surface area contributed by atoms with Gasteiger partial charge in [-0.1, -0.05) is 0 Å². The molecule has 7 heteroatoms. The molecule has 1 aliphatic rings. The van der Waals surface area contributed by atoms with E-state index >= 15 is 0 Å². The second kappa shape index (κ2) is 6.34. The molecule has 0 bridgehead atoms. The van der Waals surface area contributed by atoms with Crippen LogP contribution in [0.2, 0.25) is 0 Å². The van der Waals surface area contributed by atoms with Crippen molar-refractivity contribution in [2.45, 2.75) is 33.4 Å². The fourth-order valence-electron chi connectivity index (χ4n) is 1.81. The van der Waals surface area contributed by atoms with Crippen LogP contribution >= 0.6 is 0 Å². The molecular formula is C11H19N3O4. The van der Waals surface area contributed by atoms with E-state index in [1.165, 1.54) is 0 Å². The molecule has 7 nitrogen and oxygen atoms in total. The number of hydrogen-bond acceptors (Lipinski definition) is 5. The summed E-state index contributed by atoms with van der Waals surface area (Å²) in [5.74, 6) is -0.843. The minimum atomic E-state index is -0.699. The standard InChI is InChI=1S/C11H19N3O4/c1-4-17-9-6-8(10(15)18-5-2)7(3)13-14(9)11(12)16/h8-9H,4-6H2,1-3H3,(H2,12,16)/t8-,9+/m1/s1. The van der Waals surface area contributed by atoms with Crippen LogP contribution in [0.25, 0.3) is 0 Å². The van der Waals surface area contributed by atoms with Gasteiger partial charge in [-0.25, -0.2) is 4.79 Å². The van der Waals surface area contributed by atoms with Crippen molar-refractivity contribution in [2.75, 3.05) is 13.2 Å². The van der Waals surface area contributed by atoms with Crippen LogP contribution in [0.5, 0.6) is 0 Å². The lowest BCUT2D eigenvalue weighted by atomic mass is 9.98. The van der Waals surface area contributed by atoms with E-state index in [1.807, 2.05) is 0 Å². The molecule has 0 fully saturated rings. The van der Waals surface area contributed by atoms with Crippen molar-refractivity contribution in [3.05, 3.63) is 0 Å². The predicted octanol–water partition coefficient (Wildman–Crippen LogP) is 0.689. The highest BCUT2D eigenvalue weighted by atomic mass is 16.5. The van der Waals surface area contributed by atoms with Gasteiger partial charge in [-0.3, -0.25) is 4.79 Å². The SMILES string of the molecule is CCOC(=O)[C@@H]1C[C@H](OCC)N(C(N)=O)N=C1C. The van der Waals surface area contributed by atoms with E-state index in [0.717, 1.165) is 5.01 Å². The Hall–Kier alpha value is -1.63. The van der Waals surface area contributed by atoms with Gasteiger partial charge in [-0.05, 0) is 20.8 Å². The molecule has 18 heavy (non-hydrogen) atoms. The van der Waals surface area contributed by atoms with Crippen molar-refractivity contribution in [3.8, 4) is 0 Å². The lowest BCUT2D eigenvalue weighted by Gasteiger charge is -2.33. The molecule has 0 aromatic rings. The number of carbonyl (C=O) groups is 2. The zero-order valence-electron chi connectivity index (χ0n) is 10.9. The zero-order valence-corrected chi connectivity index (χ0v) is 10.9. The molecule has 2 N–H and O–H groups in total. The quantitative estimate of drug-likeness (QED) is 0.749. The average molecular weight is 257 g/mol. The topological polar surface area (TPSA) is 94.2 Å². The summed E-state index contributed by atoms with van der Waals surface area (Å²) in [7, 11) is 0. The molecule has 0 aromatic carbocycles. The molecule has 1 heterocycles. The molecule has 1 rings (SSSR count). The summed E-state index contributed by atoms with van der Waals surface area (Å²) in [6.07, 6.45) is -0.309. The predicted molar refractivity (Wildman–Crippen MR) is 64.7 cm³/mol. The summed E-state index contributed by atoms with van der Waals surface area (Å²) in [5, 5.41) is 5.08. The van der Waals surface area contributed by atoms with Crippen LogP contribution in [0.3, 0.4) is 0 Å². The van der Waals surface area contributed by atoms with Crippen molar-refractivity contribution < 1.29 is 19.1 Å². The van der Waals surface area contributed by atoms with Crippen LogP contribution in [0.4, 0.5) is 4.79 Å². The van der Waals surface area contributed by atoms with Crippen molar-refractivity contribution >= 4 is 17.7 Å². The highest BCUT2D eigenvalue weighted by Gasteiger charge is 2.36. The van der Waals surface area contributed by atoms with E-state index in [9.17, 15) is 9.59 Å². The van der Waals surface area contributed by atoms with Gasteiger partial charge < -0.3 is 15.2 Å². The van der Waals surface area contributed by atoms with Crippen LogP contribution in [0, 0.1) is 5.92 Å². The summed E-state index contributed by atoms with van der Waals surface area (Å²) in [5.41, 5.74) is 5.72. The maximum Gasteiger partial charge on any atom is 0.337 e. The number of primary amides is 1. The van der Waals surface area contributed by atoms with Crippen molar-refractivity contribution in [1.82, 2.24) is 5.01 Å². The van der Waals surface area contributed by atoms with Gasteiger partial charge >= 0.3 is 12.0 Å². The van der Waals surface area contributed by atoms with E-state index in [2.05, 4.69) is 5.10 Å². The molecule has 2 atom stereocenters. The van der Waals surface area contributed by atoms with Crippen LogP contribution in [0.1, 0.15) is 27.2 Å². The maximum absolute atomic E-state index is 11.7. The lowest BCUT2D eigenvalue weighted by Crippen LogP contribution is -2.48. The first kappa shape index (κ1) is 14.4. The fourth-order valence-corrected chi connectivity index (χ4v) is 1.81. The second-order valence-electron chi connectivity index (χ2n) is 3.87. The first-order valence-corrected chi connectivity index (χ1v) is 5.93. The first-order chi connectivity index (χ1) is 8.51. The lowest BCUT2D eigenvalue weighted by molar-refractivity contribution is -0.148. The fraction of sp³-hybridized carbons (Fsp3) is 0.727. The Balaban J connectivity index is 2.89. The molecule has 0 unspecified atom stereocenters. The van der Waals surface area contributed by atoms with Crippen molar-refractivity contribution in [3.63, 3.8) is 0 Å². The van der Waals surface area contributed by atoms with Gasteiger partial charge in [0.2, 0.25) is 0 Å². The highest BCUT2D eigenvalue weighted by Crippen LogP contribution is 2.23. The van der Waals surface area contributed by atoms with E-state index in [1.54, 1.807) is 20.8 Å². The Morgan fingerprint density at radius 1 is 1.44 bits per heavy atom. The number of rotatable bonds is 4. The van der Waals surface area contributed by atoms with Crippen LogP contribution in [0.15, 0.2) is 5.10 Å². The number of nitrogens with zero attached hydrogens (tertiary/aromatic N) is 2. The molecule has 1 aliphatic heterocycles. The molecule has 0 aromatic heterocycles. The molecule has 0 saturated heterocycles. The molecule has 2 amide bonds. The summed E-state index contributed by atoms with van der Waals surface area (Å²) in [6, 6.07) is -0.699. The minimum absolute atomic E-state index is 0.307. The molecular weight excluding hydrogens is 238 g/mol. The van der Waals surface area contributed by atoms with Crippen molar-refractivity contribution in [2.24, 2.45) is 16.8 Å². The third kappa shape index (κ3) is 3.19. The van der Waals surface area contributed by atoms with E-state index in [-0.39, 0.29) is 5.97 Å². The third-order valence-electron chi connectivity index (χ3n) is 2.64. The summed E-state index contributed by atoms with van der Waals surface area (Å²) >= 11 is 0. The Morgan fingerprint density at radius 3 is 2.61 bits per heavy atom. The number of nitrogens with two attached hydrogens (primary N) is 1. The highest BCUT2D eigenvalue weighted by molar-refractivity contribution is 6.01. The Bertz CT molecular complexity index is 356. The van der Waals surface area contributed by atoms with Crippen LogP contribution < -0.4 is 5.73 Å². The summed E-state index contributed by atoms with van der Waals surface area (Å²) < 4.78 is 10.3. The number of carbonyl (C=O) groups excluding carboxylic acids is 2. The normalized spacial score (nSPS) is 23.5. The number of amides is 2. The monoisotopic (exact) mass is 257 g/mol. The maximum atomic E-state index is 11.7. The first-order valence-electron chi connectivity index (χ1n) is 5.93. The smallest absolute Gasteiger partial charge is 0.337 e. The number of hydrogen-bond donors (Lipinski definition) is 1. The van der Waals surface area contributed by atoms with E-state index in [4.69, 9.17) is 15.2 Å². The van der Waals surface area contributed by atoms with Gasteiger partial charge in [-0.2, -0.15) is 10.1 Å². The molecule has 0 radical (unpaired) electrons. The van der Waals surface area contributed by atoms with Gasteiger partial charge in [0.05, 0.1) is 12.3 Å². The van der Waals surface area contributed by atoms with Gasteiger partial charge in [0, 0.05) is 13.0 Å². The van der Waals surface area contributed by atoms with Crippen LogP contribution in [-0.2, 0) is 14.3 Å². The minimum Gasteiger partial charge on any atom is -0.465 e. The molecule has 102 valence electrons. The molecule has 0 aliphatic carbocycles. The van der Waals surface area contributed by atoms with Gasteiger partial charge in [-0.15, -0.1) is 0 Å². The molecule has 0 spiro atoms. The van der Waals surface area contributed by atoms with E-state index in [0.29, 0.717) is 25.3 Å². The Morgan fingerprint density at radius 2 is 2.11 bits per heavy atom. The Labute approximate surface area is 106 Å². The largest absolute Gasteiger partial charge is 0.465 e. The van der Waals surface area contributed by atoms with Gasteiger partial charge in [0.1, 0.15) is 5.92 Å². The van der Waals surface area contributed by atoms with Gasteiger partial charge in [0.15, 0.2) is 6.23 Å². The average Bonchev–Trinajstić information content (AvgIpc) is 2.31. The van der Waals surface area contributed by atoms with E-state index < -0.39 is 18.2 Å². The van der Waals surface area contributed by atoms with Gasteiger partial charge in [0.25, 0.3) is 0 Å². The number of esters is 1. The number of urea groups is 1. The third-order valence-corrected chi connectivity index (χ3v) is 2.64. The Kier molecular flexibility index (Phi) is 5.08.